The molecule has 9 nitrogen and oxygen atoms in total. The van der Waals surface area contributed by atoms with Crippen LogP contribution in [0.4, 0.5) is 4.79 Å². The highest BCUT2D eigenvalue weighted by molar-refractivity contribution is 5.92. The Bertz CT molecular complexity index is 1870. The number of carbonyl (C=O) groups is 3. The van der Waals surface area contributed by atoms with Crippen molar-refractivity contribution in [3.8, 4) is 30.4 Å². The van der Waals surface area contributed by atoms with Gasteiger partial charge in [-0.05, 0) is 51.7 Å². The minimum absolute atomic E-state index is 0.0540. The van der Waals surface area contributed by atoms with Crippen molar-refractivity contribution in [2.24, 2.45) is 0 Å². The van der Waals surface area contributed by atoms with Crippen LogP contribution < -0.4 is 10.1 Å². The summed E-state index contributed by atoms with van der Waals surface area (Å²) in [4.78, 5) is 45.1. The van der Waals surface area contributed by atoms with Gasteiger partial charge >= 0.3 is 6.03 Å². The molecule has 2 fully saturated rings. The zero-order valence-electron chi connectivity index (χ0n) is 26.1. The molecule has 2 atom stereocenters. The van der Waals surface area contributed by atoms with E-state index in [0.29, 0.717) is 18.7 Å². The monoisotopic (exact) mass is 625 g/mol. The highest BCUT2D eigenvalue weighted by Gasteiger charge is 2.52. The number of rotatable bonds is 9. The number of ether oxygens (including phenoxy) is 1. The summed E-state index contributed by atoms with van der Waals surface area (Å²) < 4.78 is 5.23. The molecular weight excluding hydrogens is 590 g/mol. The number of terminal acetylenes is 2. The molecule has 0 saturated carbocycles. The van der Waals surface area contributed by atoms with Crippen LogP contribution >= 0.6 is 0 Å². The van der Waals surface area contributed by atoms with E-state index < -0.39 is 18.2 Å². The van der Waals surface area contributed by atoms with Gasteiger partial charge in [-0.2, -0.15) is 5.01 Å². The summed E-state index contributed by atoms with van der Waals surface area (Å²) in [5.41, 5.74) is 3.47. The Labute approximate surface area is 274 Å². The van der Waals surface area contributed by atoms with E-state index in [9.17, 15) is 14.4 Å². The topological polar surface area (TPSA) is 85.4 Å². The molecule has 0 radical (unpaired) electrons. The summed E-state index contributed by atoms with van der Waals surface area (Å²) in [7, 11) is 1.59. The van der Waals surface area contributed by atoms with E-state index in [2.05, 4.69) is 17.2 Å². The molecule has 0 aromatic heterocycles. The smallest absolute Gasteiger partial charge is 0.333 e. The number of carbonyl (C=O) groups excluding carboxylic acids is 3. The average molecular weight is 626 g/mol. The number of methoxy groups -OCH3 is 1. The minimum atomic E-state index is -0.784. The predicted molar refractivity (Wildman–Crippen MR) is 179 cm³/mol. The molecule has 4 aromatic carbocycles. The first kappa shape index (κ1) is 31.2. The lowest BCUT2D eigenvalue weighted by Crippen LogP contribution is -2.66. The van der Waals surface area contributed by atoms with E-state index in [1.165, 1.54) is 5.01 Å². The van der Waals surface area contributed by atoms with Crippen LogP contribution in [-0.4, -0.2) is 76.6 Å². The molecule has 2 saturated heterocycles. The van der Waals surface area contributed by atoms with Crippen molar-refractivity contribution >= 4 is 28.6 Å². The second-order valence-electron chi connectivity index (χ2n) is 11.6. The Kier molecular flexibility index (Phi) is 9.10. The zero-order chi connectivity index (χ0) is 32.9. The standard InChI is InChI=1S/C38H35N5O4/c1-4-21-41(38(46)39-23-29-17-19-32(47-3)20-18-29)42-26-36(44)43-34(22-28-15-13-27(5-2)14-16-28)37(45)40(25-35(42)43)24-31-11-8-10-30-9-6-7-12-33(30)31/h1-2,6-20,34-35H,21-26H2,3H3,(H,39,46)/t34-,35+/m0/s1. The fourth-order valence-corrected chi connectivity index (χ4v) is 6.36. The summed E-state index contributed by atoms with van der Waals surface area (Å²) >= 11 is 0. The van der Waals surface area contributed by atoms with Crippen LogP contribution in [0.5, 0.6) is 5.75 Å². The highest BCUT2D eigenvalue weighted by Crippen LogP contribution is 2.31. The van der Waals surface area contributed by atoms with E-state index in [-0.39, 0.29) is 38.0 Å². The molecule has 0 unspecified atom stereocenters. The Hall–Kier alpha value is -5.77. The molecular formula is C38H35N5O4. The molecule has 2 aliphatic rings. The van der Waals surface area contributed by atoms with Gasteiger partial charge < -0.3 is 19.9 Å². The van der Waals surface area contributed by atoms with Crippen molar-refractivity contribution in [1.29, 1.82) is 0 Å². The SMILES string of the molecule is C#CCN(C(=O)NCc1ccc(OC)cc1)N1CC(=O)N2[C@@H](Cc3ccc(C#C)cc3)C(=O)N(Cc3cccc4ccccc34)C[C@@H]21. The van der Waals surface area contributed by atoms with Crippen LogP contribution in [0.25, 0.3) is 10.8 Å². The van der Waals surface area contributed by atoms with Gasteiger partial charge in [-0.1, -0.05) is 78.6 Å². The van der Waals surface area contributed by atoms with E-state index in [4.69, 9.17) is 17.6 Å². The van der Waals surface area contributed by atoms with Crippen molar-refractivity contribution in [3.05, 3.63) is 113 Å². The molecule has 4 amide bonds. The number of benzene rings is 4. The molecule has 1 N–H and O–H groups in total. The second kappa shape index (κ2) is 13.7. The number of nitrogens with one attached hydrogen (secondary N) is 1. The zero-order valence-corrected chi connectivity index (χ0v) is 26.1. The third-order valence-corrected chi connectivity index (χ3v) is 8.75. The van der Waals surface area contributed by atoms with Gasteiger partial charge in [-0.15, -0.1) is 12.8 Å². The van der Waals surface area contributed by atoms with Crippen LogP contribution in [0.3, 0.4) is 0 Å². The maximum Gasteiger partial charge on any atom is 0.333 e. The molecule has 47 heavy (non-hydrogen) atoms. The molecule has 9 heteroatoms. The van der Waals surface area contributed by atoms with E-state index in [1.807, 2.05) is 91.0 Å². The number of hydrogen-bond donors (Lipinski definition) is 1. The van der Waals surface area contributed by atoms with Gasteiger partial charge in [0.2, 0.25) is 11.8 Å². The van der Waals surface area contributed by atoms with Gasteiger partial charge in [0.05, 0.1) is 26.7 Å². The molecule has 236 valence electrons. The summed E-state index contributed by atoms with van der Waals surface area (Å²) in [6.45, 7) is 0.652. The highest BCUT2D eigenvalue weighted by atomic mass is 16.5. The predicted octanol–water partition coefficient (Wildman–Crippen LogP) is 4.01. The van der Waals surface area contributed by atoms with Crippen molar-refractivity contribution in [2.75, 3.05) is 26.7 Å². The summed E-state index contributed by atoms with van der Waals surface area (Å²) in [5.74, 6) is 5.50. The average Bonchev–Trinajstić information content (AvgIpc) is 3.43. The fourth-order valence-electron chi connectivity index (χ4n) is 6.36. The van der Waals surface area contributed by atoms with Gasteiger partial charge in [0.1, 0.15) is 18.0 Å². The molecule has 0 aliphatic carbocycles. The second-order valence-corrected chi connectivity index (χ2v) is 11.6. The number of hydrogen-bond acceptors (Lipinski definition) is 5. The van der Waals surface area contributed by atoms with E-state index in [0.717, 1.165) is 33.0 Å². The van der Waals surface area contributed by atoms with Crippen LogP contribution in [0, 0.1) is 24.7 Å². The summed E-state index contributed by atoms with van der Waals surface area (Å²) in [5, 5.41) is 8.16. The maximum absolute atomic E-state index is 14.3. The van der Waals surface area contributed by atoms with Crippen LogP contribution in [0.1, 0.15) is 22.3 Å². The minimum Gasteiger partial charge on any atom is -0.497 e. The van der Waals surface area contributed by atoms with Crippen LogP contribution in [0.15, 0.2) is 91.0 Å². The molecule has 6 rings (SSSR count). The molecule has 4 aromatic rings. The first-order chi connectivity index (χ1) is 22.9. The van der Waals surface area contributed by atoms with Crippen molar-refractivity contribution in [3.63, 3.8) is 0 Å². The van der Waals surface area contributed by atoms with Crippen molar-refractivity contribution in [1.82, 2.24) is 25.1 Å². The maximum atomic E-state index is 14.3. The number of urea groups is 1. The molecule has 2 heterocycles. The fraction of sp³-hybridized carbons (Fsp3) is 0.237. The van der Waals surface area contributed by atoms with Crippen LogP contribution in [0.2, 0.25) is 0 Å². The van der Waals surface area contributed by atoms with Gasteiger partial charge in [0.25, 0.3) is 0 Å². The Morgan fingerprint density at radius 1 is 0.957 bits per heavy atom. The third-order valence-electron chi connectivity index (χ3n) is 8.75. The third kappa shape index (κ3) is 6.48. The quantitative estimate of drug-likeness (QED) is 0.284. The summed E-state index contributed by atoms with van der Waals surface area (Å²) in [6.07, 6.45) is 11.0. The number of hydrazine groups is 1. The number of fused-ring (bicyclic) bond motifs is 2. The van der Waals surface area contributed by atoms with Crippen molar-refractivity contribution in [2.45, 2.75) is 31.7 Å². The molecule has 0 spiro atoms. The van der Waals surface area contributed by atoms with Gasteiger partial charge in [-0.25, -0.2) is 9.80 Å². The number of amides is 4. The Morgan fingerprint density at radius 3 is 2.40 bits per heavy atom. The summed E-state index contributed by atoms with van der Waals surface area (Å²) in [6, 6.07) is 27.7. The lowest BCUT2D eigenvalue weighted by molar-refractivity contribution is -0.157. The number of piperazine rings is 1. The van der Waals surface area contributed by atoms with Gasteiger partial charge in [0.15, 0.2) is 0 Å². The molecule has 0 bridgehead atoms. The van der Waals surface area contributed by atoms with E-state index >= 15 is 0 Å². The first-order valence-corrected chi connectivity index (χ1v) is 15.4. The Morgan fingerprint density at radius 2 is 1.68 bits per heavy atom. The largest absolute Gasteiger partial charge is 0.497 e. The van der Waals surface area contributed by atoms with Gasteiger partial charge in [-0.3, -0.25) is 9.59 Å². The van der Waals surface area contributed by atoms with Crippen molar-refractivity contribution < 1.29 is 19.1 Å². The normalized spacial score (nSPS) is 17.6. The number of nitrogens with zero attached hydrogens (tertiary/aromatic N) is 4. The van der Waals surface area contributed by atoms with Crippen LogP contribution in [-0.2, 0) is 29.1 Å². The van der Waals surface area contributed by atoms with Gasteiger partial charge in [0, 0.05) is 25.1 Å². The first-order valence-electron chi connectivity index (χ1n) is 15.4. The lowest BCUT2D eigenvalue weighted by Gasteiger charge is -2.46. The van der Waals surface area contributed by atoms with E-state index in [1.54, 1.807) is 21.9 Å². The Balaban J connectivity index is 1.30. The molecule has 2 aliphatic heterocycles. The lowest BCUT2D eigenvalue weighted by atomic mass is 9.98.